The van der Waals surface area contributed by atoms with Gasteiger partial charge in [0.2, 0.25) is 0 Å². The molecule has 1 aromatic heterocycles. The Morgan fingerprint density at radius 1 is 1.19 bits per heavy atom. The van der Waals surface area contributed by atoms with Crippen LogP contribution in [0.5, 0.6) is 0 Å². The topological polar surface area (TPSA) is 58.2 Å². The van der Waals surface area contributed by atoms with Crippen LogP contribution in [0.2, 0.25) is 5.02 Å². The summed E-state index contributed by atoms with van der Waals surface area (Å²) in [5.74, 6) is 0. The first-order valence-corrected chi connectivity index (χ1v) is 9.27. The number of thiophene rings is 1. The average Bonchev–Trinajstić information content (AvgIpc) is 2.91. The van der Waals surface area contributed by atoms with Gasteiger partial charge in [0.05, 0.1) is 10.7 Å². The molecule has 0 unspecified atom stereocenters. The summed E-state index contributed by atoms with van der Waals surface area (Å²) in [6.07, 6.45) is 1.05. The van der Waals surface area contributed by atoms with E-state index in [1.54, 1.807) is 30.3 Å². The molecule has 0 amide bonds. The van der Waals surface area contributed by atoms with Gasteiger partial charge in [-0.05, 0) is 37.2 Å². The zero-order valence-electron chi connectivity index (χ0n) is 11.6. The van der Waals surface area contributed by atoms with Crippen LogP contribution in [0.25, 0.3) is 0 Å². The smallest absolute Gasteiger partial charge is 0.271 e. The molecule has 0 spiro atoms. The maximum atomic E-state index is 12.3. The van der Waals surface area contributed by atoms with Gasteiger partial charge in [0.15, 0.2) is 0 Å². The van der Waals surface area contributed by atoms with Crippen LogP contribution in [0.3, 0.4) is 0 Å². The third kappa shape index (κ3) is 4.44. The van der Waals surface area contributed by atoms with Gasteiger partial charge in [-0.25, -0.2) is 8.42 Å². The maximum absolute atomic E-state index is 12.3. The Hall–Kier alpha value is -1.08. The van der Waals surface area contributed by atoms with Gasteiger partial charge in [0.1, 0.15) is 4.21 Å². The molecule has 21 heavy (non-hydrogen) atoms. The highest BCUT2D eigenvalue weighted by atomic mass is 35.5. The normalized spacial score (nSPS) is 11.5. The molecular formula is C14H17ClN2O2S2. The molecular weight excluding hydrogens is 328 g/mol. The van der Waals surface area contributed by atoms with Crippen LogP contribution in [-0.4, -0.2) is 15.0 Å². The minimum atomic E-state index is -3.59. The third-order valence-electron chi connectivity index (χ3n) is 2.75. The SMILES string of the molecule is CCCNCc1ccc(S(=O)(=O)Nc2ccccc2Cl)s1. The Morgan fingerprint density at radius 2 is 1.95 bits per heavy atom. The molecule has 0 aliphatic rings. The van der Waals surface area contributed by atoms with Crippen molar-refractivity contribution in [3.8, 4) is 0 Å². The highest BCUT2D eigenvalue weighted by molar-refractivity contribution is 7.94. The molecule has 0 radical (unpaired) electrons. The van der Waals surface area contributed by atoms with Crippen LogP contribution in [0.4, 0.5) is 5.69 Å². The fraction of sp³-hybridized carbons (Fsp3) is 0.286. The molecule has 0 atom stereocenters. The molecule has 4 nitrogen and oxygen atoms in total. The van der Waals surface area contributed by atoms with Crippen LogP contribution in [0.15, 0.2) is 40.6 Å². The van der Waals surface area contributed by atoms with Crippen molar-refractivity contribution in [3.05, 3.63) is 46.3 Å². The molecule has 2 rings (SSSR count). The first-order chi connectivity index (χ1) is 10.0. The van der Waals surface area contributed by atoms with Crippen molar-refractivity contribution in [2.45, 2.75) is 24.1 Å². The predicted octanol–water partition coefficient (Wildman–Crippen LogP) is 3.70. The Morgan fingerprint density at radius 3 is 2.67 bits per heavy atom. The van der Waals surface area contributed by atoms with Crippen molar-refractivity contribution in [1.29, 1.82) is 0 Å². The van der Waals surface area contributed by atoms with E-state index in [1.165, 1.54) is 11.3 Å². The van der Waals surface area contributed by atoms with Crippen LogP contribution >= 0.6 is 22.9 Å². The fourth-order valence-electron chi connectivity index (χ4n) is 1.73. The standard InChI is InChI=1S/C14H17ClN2O2S2/c1-2-9-16-10-11-7-8-14(20-11)21(18,19)17-13-6-4-3-5-12(13)15/h3-8,16-17H,2,9-10H2,1H3. The number of nitrogens with one attached hydrogen (secondary N) is 2. The number of hydrogen-bond donors (Lipinski definition) is 2. The van der Waals surface area contributed by atoms with Gasteiger partial charge < -0.3 is 5.32 Å². The Balaban J connectivity index is 2.11. The number of para-hydroxylation sites is 1. The highest BCUT2D eigenvalue weighted by Crippen LogP contribution is 2.27. The van der Waals surface area contributed by atoms with Crippen molar-refractivity contribution in [3.63, 3.8) is 0 Å². The number of halogens is 1. The van der Waals surface area contributed by atoms with E-state index < -0.39 is 10.0 Å². The zero-order valence-corrected chi connectivity index (χ0v) is 14.0. The fourth-order valence-corrected chi connectivity index (χ4v) is 4.37. The van der Waals surface area contributed by atoms with Gasteiger partial charge in [-0.15, -0.1) is 11.3 Å². The average molecular weight is 345 g/mol. The monoisotopic (exact) mass is 344 g/mol. The Bertz CT molecular complexity index is 699. The van der Waals surface area contributed by atoms with Crippen LogP contribution in [0, 0.1) is 0 Å². The summed E-state index contributed by atoms with van der Waals surface area (Å²) in [4.78, 5) is 0.989. The summed E-state index contributed by atoms with van der Waals surface area (Å²) in [7, 11) is -3.59. The minimum absolute atomic E-state index is 0.288. The Labute approximate surface area is 134 Å². The molecule has 1 heterocycles. The summed E-state index contributed by atoms with van der Waals surface area (Å²) >= 11 is 7.23. The van der Waals surface area contributed by atoms with Gasteiger partial charge in [0, 0.05) is 11.4 Å². The van der Waals surface area contributed by atoms with Gasteiger partial charge in [-0.1, -0.05) is 30.7 Å². The van der Waals surface area contributed by atoms with E-state index in [2.05, 4.69) is 17.0 Å². The Kier molecular flexibility index (Phi) is 5.64. The molecule has 0 aliphatic heterocycles. The predicted molar refractivity (Wildman–Crippen MR) is 88.6 cm³/mol. The molecule has 0 bridgehead atoms. The summed E-state index contributed by atoms with van der Waals surface area (Å²) < 4.78 is 27.4. The van der Waals surface area contributed by atoms with Crippen molar-refractivity contribution < 1.29 is 8.42 Å². The number of sulfonamides is 1. The number of rotatable bonds is 7. The maximum Gasteiger partial charge on any atom is 0.271 e. The second kappa shape index (κ2) is 7.26. The molecule has 0 saturated heterocycles. The number of benzene rings is 1. The van der Waals surface area contributed by atoms with Crippen molar-refractivity contribution in [1.82, 2.24) is 5.32 Å². The molecule has 114 valence electrons. The van der Waals surface area contributed by atoms with Crippen LogP contribution in [0.1, 0.15) is 18.2 Å². The van der Waals surface area contributed by atoms with Gasteiger partial charge >= 0.3 is 0 Å². The second-order valence-electron chi connectivity index (χ2n) is 4.48. The minimum Gasteiger partial charge on any atom is -0.312 e. The summed E-state index contributed by atoms with van der Waals surface area (Å²) in [5.41, 5.74) is 0.387. The first kappa shape index (κ1) is 16.3. The van der Waals surface area contributed by atoms with Crippen LogP contribution in [-0.2, 0) is 16.6 Å². The molecule has 0 aliphatic carbocycles. The number of anilines is 1. The van der Waals surface area contributed by atoms with E-state index in [1.807, 2.05) is 6.07 Å². The van der Waals surface area contributed by atoms with E-state index >= 15 is 0 Å². The van der Waals surface area contributed by atoms with Gasteiger partial charge in [-0.3, -0.25) is 4.72 Å². The van der Waals surface area contributed by atoms with E-state index in [-0.39, 0.29) is 4.21 Å². The molecule has 0 fully saturated rings. The lowest BCUT2D eigenvalue weighted by Gasteiger charge is -2.07. The largest absolute Gasteiger partial charge is 0.312 e. The zero-order chi connectivity index (χ0) is 15.3. The lowest BCUT2D eigenvalue weighted by atomic mass is 10.3. The van der Waals surface area contributed by atoms with E-state index in [4.69, 9.17) is 11.6 Å². The van der Waals surface area contributed by atoms with Crippen molar-refractivity contribution in [2.75, 3.05) is 11.3 Å². The molecule has 0 saturated carbocycles. The second-order valence-corrected chi connectivity index (χ2v) is 7.97. The van der Waals surface area contributed by atoms with Crippen molar-refractivity contribution in [2.24, 2.45) is 0 Å². The van der Waals surface area contributed by atoms with Gasteiger partial charge in [-0.2, -0.15) is 0 Å². The summed E-state index contributed by atoms with van der Waals surface area (Å²) in [5, 5.41) is 3.63. The first-order valence-electron chi connectivity index (χ1n) is 6.59. The third-order valence-corrected chi connectivity index (χ3v) is 6.02. The lowest BCUT2D eigenvalue weighted by molar-refractivity contribution is 0.603. The van der Waals surface area contributed by atoms with Crippen LogP contribution < -0.4 is 10.0 Å². The van der Waals surface area contributed by atoms with E-state index in [9.17, 15) is 8.42 Å². The quantitative estimate of drug-likeness (QED) is 0.753. The van der Waals surface area contributed by atoms with Gasteiger partial charge in [0.25, 0.3) is 10.0 Å². The van der Waals surface area contributed by atoms with E-state index in [0.717, 1.165) is 17.8 Å². The van der Waals surface area contributed by atoms with E-state index in [0.29, 0.717) is 17.3 Å². The molecule has 2 N–H and O–H groups in total. The lowest BCUT2D eigenvalue weighted by Crippen LogP contribution is -2.13. The molecule has 2 aromatic rings. The molecule has 7 heteroatoms. The van der Waals surface area contributed by atoms with Crippen molar-refractivity contribution >= 4 is 38.6 Å². The number of hydrogen-bond acceptors (Lipinski definition) is 4. The summed E-state index contributed by atoms with van der Waals surface area (Å²) in [6.45, 7) is 3.68. The highest BCUT2D eigenvalue weighted by Gasteiger charge is 2.18. The molecule has 1 aromatic carbocycles. The summed E-state index contributed by atoms with van der Waals surface area (Å²) in [6, 6.07) is 10.2.